The van der Waals surface area contributed by atoms with Crippen molar-refractivity contribution < 1.29 is 0 Å². The number of hydrogen-bond acceptors (Lipinski definition) is 1. The molecule has 1 heterocycles. The fraction of sp³-hybridized carbons (Fsp3) is 0.273. The van der Waals surface area contributed by atoms with Crippen LogP contribution in [0.4, 0.5) is 0 Å². The first-order valence-corrected chi connectivity index (χ1v) is 5.71. The molecule has 0 spiro atoms. The van der Waals surface area contributed by atoms with E-state index in [1.54, 1.807) is 0 Å². The average molecular weight is 211 g/mol. The van der Waals surface area contributed by atoms with E-state index in [2.05, 4.69) is 31.2 Å². The van der Waals surface area contributed by atoms with Crippen molar-refractivity contribution in [3.8, 4) is 0 Å². The summed E-state index contributed by atoms with van der Waals surface area (Å²) in [5.74, 6) is 0.716. The van der Waals surface area contributed by atoms with Crippen LogP contribution in [0.25, 0.3) is 10.1 Å². The highest BCUT2D eigenvalue weighted by Crippen LogP contribution is 2.30. The maximum absolute atomic E-state index is 5.74. The Hall–Kier alpha value is -0.530. The molecule has 0 radical (unpaired) electrons. The largest absolute Gasteiger partial charge is 0.140 e. The Kier molecular flexibility index (Phi) is 2.56. The highest BCUT2D eigenvalue weighted by Gasteiger charge is 2.06. The molecule has 1 aromatic heterocycles. The summed E-state index contributed by atoms with van der Waals surface area (Å²) >= 11 is 7.61. The van der Waals surface area contributed by atoms with E-state index in [0.29, 0.717) is 5.88 Å². The van der Waals surface area contributed by atoms with Crippen molar-refractivity contribution in [3.05, 3.63) is 34.7 Å². The maximum atomic E-state index is 5.74. The molecule has 0 amide bonds. The lowest BCUT2D eigenvalue weighted by Gasteiger charge is -1.93. The molecule has 2 rings (SSSR count). The summed E-state index contributed by atoms with van der Waals surface area (Å²) in [6.45, 7) is 2.18. The number of rotatable bonds is 2. The van der Waals surface area contributed by atoms with Gasteiger partial charge in [-0.2, -0.15) is 0 Å². The smallest absolute Gasteiger partial charge is 0.0348 e. The lowest BCUT2D eigenvalue weighted by atomic mass is 10.1. The molecule has 13 heavy (non-hydrogen) atoms. The minimum atomic E-state index is 0.716. The van der Waals surface area contributed by atoms with Gasteiger partial charge in [-0.1, -0.05) is 18.2 Å². The third kappa shape index (κ3) is 1.59. The molecule has 0 aliphatic rings. The molecular formula is C11H11ClS. The van der Waals surface area contributed by atoms with Crippen LogP contribution in [0.15, 0.2) is 24.3 Å². The number of fused-ring (bicyclic) bond motifs is 1. The van der Waals surface area contributed by atoms with E-state index in [9.17, 15) is 0 Å². The standard InChI is InChI=1S/C11H11ClS/c1-8-9-4-2-3-5-11(9)13-10(8)6-7-12/h2-5H,6-7H2,1H3. The summed E-state index contributed by atoms with van der Waals surface area (Å²) in [5.41, 5.74) is 1.40. The van der Waals surface area contributed by atoms with E-state index in [4.69, 9.17) is 11.6 Å². The van der Waals surface area contributed by atoms with Crippen molar-refractivity contribution in [2.24, 2.45) is 0 Å². The van der Waals surface area contributed by atoms with Crippen molar-refractivity contribution in [1.82, 2.24) is 0 Å². The Morgan fingerprint density at radius 1 is 1.31 bits per heavy atom. The van der Waals surface area contributed by atoms with Gasteiger partial charge in [0.25, 0.3) is 0 Å². The van der Waals surface area contributed by atoms with Gasteiger partial charge < -0.3 is 0 Å². The number of hydrogen-bond donors (Lipinski definition) is 0. The van der Waals surface area contributed by atoms with Crippen LogP contribution in [-0.2, 0) is 6.42 Å². The van der Waals surface area contributed by atoms with Gasteiger partial charge >= 0.3 is 0 Å². The van der Waals surface area contributed by atoms with Crippen LogP contribution < -0.4 is 0 Å². The van der Waals surface area contributed by atoms with Gasteiger partial charge in [-0.25, -0.2) is 0 Å². The van der Waals surface area contributed by atoms with Crippen molar-refractivity contribution in [1.29, 1.82) is 0 Å². The fourth-order valence-corrected chi connectivity index (χ4v) is 3.06. The SMILES string of the molecule is Cc1c(CCCl)sc2ccccc12. The molecule has 0 saturated heterocycles. The second-order valence-corrected chi connectivity index (χ2v) is 4.60. The van der Waals surface area contributed by atoms with E-state index >= 15 is 0 Å². The molecule has 0 aliphatic heterocycles. The molecule has 0 atom stereocenters. The fourth-order valence-electron chi connectivity index (χ4n) is 1.55. The van der Waals surface area contributed by atoms with E-state index < -0.39 is 0 Å². The van der Waals surface area contributed by atoms with Crippen LogP contribution in [0.1, 0.15) is 10.4 Å². The van der Waals surface area contributed by atoms with Gasteiger partial charge in [-0.3, -0.25) is 0 Å². The molecule has 68 valence electrons. The van der Waals surface area contributed by atoms with Crippen molar-refractivity contribution in [2.45, 2.75) is 13.3 Å². The van der Waals surface area contributed by atoms with Gasteiger partial charge in [0.05, 0.1) is 0 Å². The van der Waals surface area contributed by atoms with Gasteiger partial charge in [-0.05, 0) is 30.4 Å². The number of thiophene rings is 1. The molecule has 0 unspecified atom stereocenters. The van der Waals surface area contributed by atoms with Crippen molar-refractivity contribution >= 4 is 33.0 Å². The molecule has 2 heteroatoms. The first-order chi connectivity index (χ1) is 6.33. The lowest BCUT2D eigenvalue weighted by Crippen LogP contribution is -1.82. The lowest BCUT2D eigenvalue weighted by molar-refractivity contribution is 1.17. The van der Waals surface area contributed by atoms with E-state index in [1.807, 2.05) is 11.3 Å². The summed E-state index contributed by atoms with van der Waals surface area (Å²) in [6, 6.07) is 8.53. The quantitative estimate of drug-likeness (QED) is 0.658. The molecule has 0 nitrogen and oxygen atoms in total. The summed E-state index contributed by atoms with van der Waals surface area (Å²) in [5, 5.41) is 1.38. The number of aryl methyl sites for hydroxylation is 2. The van der Waals surface area contributed by atoms with E-state index in [1.165, 1.54) is 20.5 Å². The number of alkyl halides is 1. The molecule has 0 fully saturated rings. The van der Waals surface area contributed by atoms with E-state index in [0.717, 1.165) is 6.42 Å². The zero-order chi connectivity index (χ0) is 9.26. The summed E-state index contributed by atoms with van der Waals surface area (Å²) in [7, 11) is 0. The Morgan fingerprint density at radius 3 is 2.77 bits per heavy atom. The minimum absolute atomic E-state index is 0.716. The molecule has 2 aromatic rings. The van der Waals surface area contributed by atoms with Crippen LogP contribution in [0.2, 0.25) is 0 Å². The Labute approximate surface area is 87.2 Å². The van der Waals surface area contributed by atoms with Crippen LogP contribution in [0.5, 0.6) is 0 Å². The first-order valence-electron chi connectivity index (χ1n) is 4.36. The van der Waals surface area contributed by atoms with Gasteiger partial charge in [0.2, 0.25) is 0 Å². The predicted molar refractivity (Wildman–Crippen MR) is 61.0 cm³/mol. The first kappa shape index (κ1) is 9.04. The topological polar surface area (TPSA) is 0 Å². The van der Waals surface area contributed by atoms with Gasteiger partial charge in [0.15, 0.2) is 0 Å². The highest BCUT2D eigenvalue weighted by molar-refractivity contribution is 7.19. The van der Waals surface area contributed by atoms with Crippen molar-refractivity contribution in [2.75, 3.05) is 5.88 Å². The second kappa shape index (κ2) is 3.69. The molecule has 0 saturated carbocycles. The van der Waals surface area contributed by atoms with Crippen molar-refractivity contribution in [3.63, 3.8) is 0 Å². The Balaban J connectivity index is 2.60. The minimum Gasteiger partial charge on any atom is -0.140 e. The highest BCUT2D eigenvalue weighted by atomic mass is 35.5. The summed E-state index contributed by atoms with van der Waals surface area (Å²) in [6.07, 6.45) is 0.993. The van der Waals surface area contributed by atoms with Gasteiger partial charge in [-0.15, -0.1) is 22.9 Å². The Bertz CT molecular complexity index is 417. The molecule has 1 aromatic carbocycles. The third-order valence-electron chi connectivity index (χ3n) is 2.26. The molecule has 0 N–H and O–H groups in total. The van der Waals surface area contributed by atoms with Crippen LogP contribution in [0, 0.1) is 6.92 Å². The average Bonchev–Trinajstić information content (AvgIpc) is 2.46. The monoisotopic (exact) mass is 210 g/mol. The zero-order valence-corrected chi connectivity index (χ0v) is 9.08. The van der Waals surface area contributed by atoms with Gasteiger partial charge in [0, 0.05) is 15.5 Å². The number of halogens is 1. The van der Waals surface area contributed by atoms with Crippen LogP contribution >= 0.6 is 22.9 Å². The predicted octanol–water partition coefficient (Wildman–Crippen LogP) is 3.99. The molecule has 0 aliphatic carbocycles. The zero-order valence-electron chi connectivity index (χ0n) is 7.51. The second-order valence-electron chi connectivity index (χ2n) is 3.09. The molecular weight excluding hydrogens is 200 g/mol. The normalized spacial score (nSPS) is 10.9. The Morgan fingerprint density at radius 2 is 2.08 bits per heavy atom. The van der Waals surface area contributed by atoms with Gasteiger partial charge in [0.1, 0.15) is 0 Å². The van der Waals surface area contributed by atoms with Crippen LogP contribution in [-0.4, -0.2) is 5.88 Å². The van der Waals surface area contributed by atoms with Crippen LogP contribution in [0.3, 0.4) is 0 Å². The summed E-state index contributed by atoms with van der Waals surface area (Å²) < 4.78 is 1.38. The summed E-state index contributed by atoms with van der Waals surface area (Å²) in [4.78, 5) is 1.43. The van der Waals surface area contributed by atoms with E-state index in [-0.39, 0.29) is 0 Å². The molecule has 0 bridgehead atoms. The third-order valence-corrected chi connectivity index (χ3v) is 3.79. The number of benzene rings is 1. The maximum Gasteiger partial charge on any atom is 0.0348 e.